The molecule has 0 fully saturated rings. The van der Waals surface area contributed by atoms with Crippen LogP contribution in [0.4, 0.5) is 0 Å². The van der Waals surface area contributed by atoms with E-state index in [9.17, 15) is 19.4 Å². The molecule has 0 aliphatic heterocycles. The Morgan fingerprint density at radius 1 is 0.479 bits per heavy atom. The van der Waals surface area contributed by atoms with Gasteiger partial charge in [0, 0.05) is 6.42 Å². The largest absolute Gasteiger partial charge is 0.472 e. The Kier molecular flexibility index (Phi) is 53.6. The summed E-state index contributed by atoms with van der Waals surface area (Å²) in [5.41, 5.74) is 0. The SMILES string of the molecule is CC/C=C\C/C=C\C/C=C\C/C=C\C/C=C\CCCCCCCCCC(=O)NC(COP(=O)(O)OCC[N+](C)(C)C)C(O)CCCCCCCCCCCCCCCCCCCCCCCCCCCCCC. The molecule has 73 heavy (non-hydrogen) atoms. The van der Waals surface area contributed by atoms with Crippen molar-refractivity contribution in [3.8, 4) is 0 Å². The maximum Gasteiger partial charge on any atom is 0.472 e. The van der Waals surface area contributed by atoms with Crippen LogP contribution in [0.1, 0.15) is 290 Å². The molecule has 8 nitrogen and oxygen atoms in total. The lowest BCUT2D eigenvalue weighted by atomic mass is 10.0. The van der Waals surface area contributed by atoms with Crippen molar-refractivity contribution in [1.82, 2.24) is 5.32 Å². The minimum absolute atomic E-state index is 0.0702. The zero-order chi connectivity index (χ0) is 53.5. The number of amides is 1. The summed E-state index contributed by atoms with van der Waals surface area (Å²) in [6, 6.07) is -0.771. The average molecular weight is 1050 g/mol. The minimum Gasteiger partial charge on any atom is -0.391 e. The predicted molar refractivity (Wildman–Crippen MR) is 318 cm³/mol. The number of rotatable bonds is 57. The van der Waals surface area contributed by atoms with Gasteiger partial charge >= 0.3 is 7.82 Å². The Balaban J connectivity index is 4.13. The first kappa shape index (κ1) is 71.2. The van der Waals surface area contributed by atoms with Crippen LogP contribution in [0.2, 0.25) is 0 Å². The maximum absolute atomic E-state index is 13.0. The molecule has 3 unspecified atom stereocenters. The molecular formula is C64H122N2O6P+. The lowest BCUT2D eigenvalue weighted by molar-refractivity contribution is -0.870. The quantitative estimate of drug-likeness (QED) is 0.0243. The van der Waals surface area contributed by atoms with Crippen molar-refractivity contribution in [3.05, 3.63) is 60.8 Å². The van der Waals surface area contributed by atoms with Gasteiger partial charge in [0.05, 0.1) is 39.9 Å². The van der Waals surface area contributed by atoms with Crippen molar-refractivity contribution >= 4 is 13.7 Å². The Bertz CT molecular complexity index is 1370. The summed E-state index contributed by atoms with van der Waals surface area (Å²) in [4.78, 5) is 23.4. The molecule has 1 amide bonds. The molecule has 0 saturated heterocycles. The number of aliphatic hydroxyl groups excluding tert-OH is 1. The number of hydrogen-bond donors (Lipinski definition) is 3. The molecule has 0 heterocycles. The van der Waals surface area contributed by atoms with Gasteiger partial charge in [-0.15, -0.1) is 0 Å². The monoisotopic (exact) mass is 1050 g/mol. The molecule has 0 spiro atoms. The maximum atomic E-state index is 13.0. The van der Waals surface area contributed by atoms with Crippen LogP contribution in [0, 0.1) is 0 Å². The lowest BCUT2D eigenvalue weighted by Gasteiger charge is -2.26. The van der Waals surface area contributed by atoms with Crippen LogP contribution < -0.4 is 5.32 Å². The zero-order valence-corrected chi connectivity index (χ0v) is 49.8. The van der Waals surface area contributed by atoms with E-state index in [0.29, 0.717) is 23.9 Å². The second kappa shape index (κ2) is 55.0. The van der Waals surface area contributed by atoms with Gasteiger partial charge in [-0.25, -0.2) is 4.57 Å². The average Bonchev–Trinajstić information content (AvgIpc) is 3.35. The van der Waals surface area contributed by atoms with Crippen molar-refractivity contribution in [2.75, 3.05) is 40.9 Å². The number of likely N-dealkylation sites (N-methyl/N-ethyl adjacent to an activating group) is 1. The van der Waals surface area contributed by atoms with E-state index in [2.05, 4.69) is 79.9 Å². The number of carbonyl (C=O) groups excluding carboxylic acids is 1. The fraction of sp³-hybridized carbons (Fsp3) is 0.828. The lowest BCUT2D eigenvalue weighted by Crippen LogP contribution is -2.46. The molecule has 0 aliphatic carbocycles. The van der Waals surface area contributed by atoms with Crippen LogP contribution >= 0.6 is 7.82 Å². The van der Waals surface area contributed by atoms with Crippen molar-refractivity contribution in [1.29, 1.82) is 0 Å². The van der Waals surface area contributed by atoms with Crippen LogP contribution in [-0.4, -0.2) is 73.4 Å². The Morgan fingerprint density at radius 3 is 1.21 bits per heavy atom. The van der Waals surface area contributed by atoms with Gasteiger partial charge < -0.3 is 19.8 Å². The van der Waals surface area contributed by atoms with Crippen LogP contribution in [0.15, 0.2) is 60.8 Å². The van der Waals surface area contributed by atoms with Gasteiger partial charge in [-0.2, -0.15) is 0 Å². The number of allylic oxidation sites excluding steroid dienone is 10. The van der Waals surface area contributed by atoms with Gasteiger partial charge in [0.1, 0.15) is 13.2 Å². The molecule has 9 heteroatoms. The Labute approximate surface area is 453 Å². The highest BCUT2D eigenvalue weighted by Crippen LogP contribution is 2.43. The molecule has 0 aliphatic rings. The number of carbonyl (C=O) groups is 1. The van der Waals surface area contributed by atoms with E-state index in [4.69, 9.17) is 9.05 Å². The van der Waals surface area contributed by atoms with Crippen molar-refractivity contribution in [2.45, 2.75) is 302 Å². The molecular weight excluding hydrogens is 924 g/mol. The van der Waals surface area contributed by atoms with Crippen molar-refractivity contribution < 1.29 is 32.9 Å². The van der Waals surface area contributed by atoms with Gasteiger partial charge in [0.15, 0.2) is 0 Å². The standard InChI is InChI=1S/C64H121N2O6P/c1-6-8-10-12-14-16-18-20-22-24-26-28-30-31-32-33-34-36-37-39-41-43-45-47-49-51-53-55-57-63(67)62(61-72-73(69,70)71-60-59-66(3,4)5)65-64(68)58-56-54-52-50-48-46-44-42-40-38-35-29-27-25-23-21-19-17-15-13-11-9-7-2/h9,11,15,17,21,23,27,29,38,40,62-63,67H,6-8,10,12-14,16,18-20,22,24-26,28,30-37,39,41-61H2,1-5H3,(H-,65,68,69,70)/p+1/b11-9-,17-15-,23-21-,29-27-,40-38-. The second-order valence-corrected chi connectivity index (χ2v) is 23.9. The fourth-order valence-corrected chi connectivity index (χ4v) is 9.93. The second-order valence-electron chi connectivity index (χ2n) is 22.4. The number of phosphoric acid groups is 1. The third-order valence-electron chi connectivity index (χ3n) is 14.0. The van der Waals surface area contributed by atoms with E-state index >= 15 is 0 Å². The molecule has 0 saturated carbocycles. The molecule has 0 bridgehead atoms. The van der Waals surface area contributed by atoms with E-state index in [1.807, 2.05) is 21.1 Å². The highest BCUT2D eigenvalue weighted by molar-refractivity contribution is 7.47. The first-order valence-electron chi connectivity index (χ1n) is 31.2. The number of phosphoric ester groups is 1. The molecule has 428 valence electrons. The van der Waals surface area contributed by atoms with Gasteiger partial charge in [-0.3, -0.25) is 13.8 Å². The smallest absolute Gasteiger partial charge is 0.391 e. The summed E-state index contributed by atoms with van der Waals surface area (Å²) < 4.78 is 23.8. The predicted octanol–water partition coefficient (Wildman–Crippen LogP) is 19.3. The topological polar surface area (TPSA) is 105 Å². The van der Waals surface area contributed by atoms with E-state index < -0.39 is 20.0 Å². The molecule has 3 atom stereocenters. The van der Waals surface area contributed by atoms with Crippen molar-refractivity contribution in [3.63, 3.8) is 0 Å². The molecule has 3 N–H and O–H groups in total. The fourth-order valence-electron chi connectivity index (χ4n) is 9.19. The van der Waals surface area contributed by atoms with Crippen LogP contribution in [0.5, 0.6) is 0 Å². The summed E-state index contributed by atoms with van der Waals surface area (Å²) in [5.74, 6) is -0.154. The van der Waals surface area contributed by atoms with Crippen LogP contribution in [0.25, 0.3) is 0 Å². The van der Waals surface area contributed by atoms with Crippen LogP contribution in [-0.2, 0) is 18.4 Å². The number of aliphatic hydroxyl groups is 1. The number of unbranched alkanes of at least 4 members (excludes halogenated alkanes) is 34. The first-order chi connectivity index (χ1) is 35.5. The van der Waals surface area contributed by atoms with Gasteiger partial charge in [0.25, 0.3) is 0 Å². The molecule has 0 aromatic rings. The number of quaternary nitrogens is 1. The molecule has 0 radical (unpaired) electrons. The summed E-state index contributed by atoms with van der Waals surface area (Å²) in [6.07, 6.45) is 74.3. The Hall–Kier alpha value is -1.80. The summed E-state index contributed by atoms with van der Waals surface area (Å²) in [5, 5.41) is 14.1. The number of hydrogen-bond acceptors (Lipinski definition) is 5. The highest BCUT2D eigenvalue weighted by atomic mass is 31.2. The van der Waals surface area contributed by atoms with E-state index in [0.717, 1.165) is 77.0 Å². The summed E-state index contributed by atoms with van der Waals surface area (Å²) >= 11 is 0. The van der Waals surface area contributed by atoms with Crippen LogP contribution in [0.3, 0.4) is 0 Å². The van der Waals surface area contributed by atoms with Gasteiger partial charge in [-0.1, -0.05) is 286 Å². The molecule has 0 aromatic heterocycles. The molecule has 0 rings (SSSR count). The summed E-state index contributed by atoms with van der Waals surface area (Å²) in [7, 11) is 1.61. The minimum atomic E-state index is -4.33. The van der Waals surface area contributed by atoms with Gasteiger partial charge in [0.2, 0.25) is 5.91 Å². The van der Waals surface area contributed by atoms with E-state index in [1.165, 1.54) is 186 Å². The number of nitrogens with zero attached hydrogens (tertiary/aromatic N) is 1. The molecule has 0 aromatic carbocycles. The third-order valence-corrected chi connectivity index (χ3v) is 15.0. The van der Waals surface area contributed by atoms with Gasteiger partial charge in [-0.05, 0) is 57.8 Å². The van der Waals surface area contributed by atoms with Crippen molar-refractivity contribution in [2.24, 2.45) is 0 Å². The first-order valence-corrected chi connectivity index (χ1v) is 32.6. The van der Waals surface area contributed by atoms with E-state index in [1.54, 1.807) is 0 Å². The Morgan fingerprint density at radius 2 is 0.822 bits per heavy atom. The zero-order valence-electron chi connectivity index (χ0n) is 48.9. The normalized spacial score (nSPS) is 14.2. The van der Waals surface area contributed by atoms with E-state index in [-0.39, 0.29) is 19.1 Å². The highest BCUT2D eigenvalue weighted by Gasteiger charge is 2.28. The third kappa shape index (κ3) is 57.7. The summed E-state index contributed by atoms with van der Waals surface area (Å²) in [6.45, 7) is 4.80. The number of nitrogens with one attached hydrogen (secondary N) is 1.